The van der Waals surface area contributed by atoms with Gasteiger partial charge in [0, 0.05) is 13.0 Å². The summed E-state index contributed by atoms with van der Waals surface area (Å²) >= 11 is 0. The monoisotopic (exact) mass is 269 g/mol. The molecule has 1 fully saturated rings. The molecule has 7 nitrogen and oxygen atoms in total. The van der Waals surface area contributed by atoms with E-state index in [1.807, 2.05) is 0 Å². The van der Waals surface area contributed by atoms with Crippen LogP contribution in [0.1, 0.15) is 33.1 Å². The number of nitrogens with one attached hydrogen (secondary N) is 1. The predicted octanol–water partition coefficient (Wildman–Crippen LogP) is -1.05. The maximum atomic E-state index is 12.0. The van der Waals surface area contributed by atoms with E-state index in [-0.39, 0.29) is 5.91 Å². The van der Waals surface area contributed by atoms with Gasteiger partial charge in [-0.3, -0.25) is 19.2 Å². The molecule has 1 saturated heterocycles. The summed E-state index contributed by atoms with van der Waals surface area (Å²) in [5.74, 6) is -2.44. The number of nitrogens with zero attached hydrogens (tertiary/aromatic N) is 1. The Morgan fingerprint density at radius 3 is 2.53 bits per heavy atom. The first kappa shape index (κ1) is 15.1. The van der Waals surface area contributed by atoms with Crippen molar-refractivity contribution in [3.63, 3.8) is 0 Å². The molecule has 1 aliphatic rings. The fourth-order valence-electron chi connectivity index (χ4n) is 2.13. The number of Topliss-reactive ketones (excluding diaryl/α,β-unsaturated/α-hetero) is 1. The van der Waals surface area contributed by atoms with Crippen molar-refractivity contribution >= 4 is 23.5 Å². The summed E-state index contributed by atoms with van der Waals surface area (Å²) in [7, 11) is 0. The Balaban J connectivity index is 2.65. The van der Waals surface area contributed by atoms with Crippen molar-refractivity contribution in [2.45, 2.75) is 45.2 Å². The van der Waals surface area contributed by atoms with Crippen LogP contribution in [0, 0.1) is 0 Å². The van der Waals surface area contributed by atoms with E-state index < -0.39 is 29.7 Å². The first-order valence-electron chi connectivity index (χ1n) is 6.32. The zero-order chi connectivity index (χ0) is 14.6. The van der Waals surface area contributed by atoms with Crippen LogP contribution < -0.4 is 11.1 Å². The van der Waals surface area contributed by atoms with Gasteiger partial charge in [0.05, 0.1) is 6.04 Å². The first-order chi connectivity index (χ1) is 8.88. The summed E-state index contributed by atoms with van der Waals surface area (Å²) < 4.78 is 0. The fourth-order valence-corrected chi connectivity index (χ4v) is 2.13. The second-order valence-corrected chi connectivity index (χ2v) is 4.56. The third-order valence-electron chi connectivity index (χ3n) is 3.17. The highest BCUT2D eigenvalue weighted by atomic mass is 16.2. The average Bonchev–Trinajstić information content (AvgIpc) is 2.85. The molecule has 106 valence electrons. The number of primary amides is 1. The van der Waals surface area contributed by atoms with Gasteiger partial charge in [-0.1, -0.05) is 6.92 Å². The Labute approximate surface area is 111 Å². The molecule has 0 radical (unpaired) electrons. The van der Waals surface area contributed by atoms with Crippen LogP contribution in [0.4, 0.5) is 0 Å². The number of likely N-dealkylation sites (tertiary alicyclic amines) is 1. The van der Waals surface area contributed by atoms with Crippen molar-refractivity contribution in [3.8, 4) is 0 Å². The third kappa shape index (κ3) is 3.52. The maximum Gasteiger partial charge on any atom is 0.287 e. The molecule has 0 aromatic rings. The van der Waals surface area contributed by atoms with Gasteiger partial charge in [-0.2, -0.15) is 0 Å². The van der Waals surface area contributed by atoms with Crippen molar-refractivity contribution < 1.29 is 19.2 Å². The van der Waals surface area contributed by atoms with E-state index in [0.717, 1.165) is 6.42 Å². The summed E-state index contributed by atoms with van der Waals surface area (Å²) in [6.45, 7) is 3.67. The predicted molar refractivity (Wildman–Crippen MR) is 66.8 cm³/mol. The van der Waals surface area contributed by atoms with Crippen molar-refractivity contribution in [1.29, 1.82) is 0 Å². The van der Waals surface area contributed by atoms with Gasteiger partial charge >= 0.3 is 0 Å². The van der Waals surface area contributed by atoms with Crippen LogP contribution in [0.5, 0.6) is 0 Å². The molecule has 19 heavy (non-hydrogen) atoms. The first-order valence-corrected chi connectivity index (χ1v) is 6.32. The molecule has 0 spiro atoms. The van der Waals surface area contributed by atoms with Crippen LogP contribution in [0.3, 0.4) is 0 Å². The molecular formula is C12H19N3O4. The number of hydrogen-bond acceptors (Lipinski definition) is 4. The standard InChI is InChI=1S/C12H19N3O4/c1-3-9(16)15-6-4-5-8(15)12(19)14-7(2)10(17)11(13)18/h7-8H,3-6H2,1-2H3,(H2,13,18)(H,14,19). The molecular weight excluding hydrogens is 250 g/mol. The van der Waals surface area contributed by atoms with Crippen molar-refractivity contribution in [1.82, 2.24) is 10.2 Å². The zero-order valence-corrected chi connectivity index (χ0v) is 11.1. The van der Waals surface area contributed by atoms with E-state index in [1.165, 1.54) is 11.8 Å². The molecule has 1 aliphatic heterocycles. The van der Waals surface area contributed by atoms with Gasteiger partial charge in [0.2, 0.25) is 17.6 Å². The second kappa shape index (κ2) is 6.31. The lowest BCUT2D eigenvalue weighted by Crippen LogP contribution is -2.51. The number of amides is 3. The molecule has 0 aliphatic carbocycles. The van der Waals surface area contributed by atoms with Gasteiger partial charge in [0.1, 0.15) is 6.04 Å². The smallest absolute Gasteiger partial charge is 0.287 e. The number of nitrogens with two attached hydrogens (primary N) is 1. The molecule has 3 amide bonds. The van der Waals surface area contributed by atoms with E-state index in [1.54, 1.807) is 6.92 Å². The highest BCUT2D eigenvalue weighted by molar-refractivity contribution is 6.37. The summed E-state index contributed by atoms with van der Waals surface area (Å²) in [4.78, 5) is 47.2. The topological polar surface area (TPSA) is 110 Å². The Bertz CT molecular complexity index is 408. The summed E-state index contributed by atoms with van der Waals surface area (Å²) in [6.07, 6.45) is 1.65. The van der Waals surface area contributed by atoms with Gasteiger partial charge in [-0.05, 0) is 19.8 Å². The van der Waals surface area contributed by atoms with Crippen LogP contribution in [0.2, 0.25) is 0 Å². The normalized spacial score (nSPS) is 19.9. The van der Waals surface area contributed by atoms with Crippen LogP contribution in [0.15, 0.2) is 0 Å². The number of carbonyl (C=O) groups excluding carboxylic acids is 4. The highest BCUT2D eigenvalue weighted by Crippen LogP contribution is 2.18. The molecule has 0 aromatic heterocycles. The third-order valence-corrected chi connectivity index (χ3v) is 3.17. The van der Waals surface area contributed by atoms with Gasteiger partial charge in [-0.25, -0.2) is 0 Å². The number of rotatable bonds is 5. The minimum absolute atomic E-state index is 0.0912. The molecule has 0 bridgehead atoms. The fraction of sp³-hybridized carbons (Fsp3) is 0.667. The van der Waals surface area contributed by atoms with E-state index in [0.29, 0.717) is 19.4 Å². The van der Waals surface area contributed by atoms with Crippen molar-refractivity contribution in [2.75, 3.05) is 6.54 Å². The summed E-state index contributed by atoms with van der Waals surface area (Å²) in [5.41, 5.74) is 4.86. The van der Waals surface area contributed by atoms with Crippen LogP contribution in [-0.4, -0.2) is 47.0 Å². The zero-order valence-electron chi connectivity index (χ0n) is 11.1. The van der Waals surface area contributed by atoms with Gasteiger partial charge in [-0.15, -0.1) is 0 Å². The quantitative estimate of drug-likeness (QED) is 0.620. The molecule has 1 heterocycles. The van der Waals surface area contributed by atoms with E-state index in [2.05, 4.69) is 5.32 Å². The average molecular weight is 269 g/mol. The molecule has 0 saturated carbocycles. The SMILES string of the molecule is CCC(=O)N1CCCC1C(=O)NC(C)C(=O)C(N)=O. The largest absolute Gasteiger partial charge is 0.363 e. The van der Waals surface area contributed by atoms with E-state index in [9.17, 15) is 19.2 Å². The minimum atomic E-state index is -1.08. The van der Waals surface area contributed by atoms with E-state index >= 15 is 0 Å². The number of hydrogen-bond donors (Lipinski definition) is 2. The minimum Gasteiger partial charge on any atom is -0.363 e. The molecule has 0 aromatic carbocycles. The van der Waals surface area contributed by atoms with Crippen molar-refractivity contribution in [3.05, 3.63) is 0 Å². The number of ketones is 1. The molecule has 7 heteroatoms. The highest BCUT2D eigenvalue weighted by Gasteiger charge is 2.34. The molecule has 3 N–H and O–H groups in total. The van der Waals surface area contributed by atoms with Crippen LogP contribution >= 0.6 is 0 Å². The van der Waals surface area contributed by atoms with Gasteiger partial charge in [0.25, 0.3) is 5.91 Å². The van der Waals surface area contributed by atoms with E-state index in [4.69, 9.17) is 5.73 Å². The summed E-state index contributed by atoms with van der Waals surface area (Å²) in [5, 5.41) is 2.43. The lowest BCUT2D eigenvalue weighted by molar-refractivity contribution is -0.141. The Hall–Kier alpha value is -1.92. The Morgan fingerprint density at radius 2 is 2.00 bits per heavy atom. The maximum absolute atomic E-state index is 12.0. The van der Waals surface area contributed by atoms with Crippen LogP contribution in [-0.2, 0) is 19.2 Å². The Morgan fingerprint density at radius 1 is 1.37 bits per heavy atom. The van der Waals surface area contributed by atoms with Gasteiger partial charge in [0.15, 0.2) is 0 Å². The lowest BCUT2D eigenvalue weighted by atomic mass is 10.1. The lowest BCUT2D eigenvalue weighted by Gasteiger charge is -2.24. The second-order valence-electron chi connectivity index (χ2n) is 4.56. The Kier molecular flexibility index (Phi) is 5.02. The van der Waals surface area contributed by atoms with Crippen LogP contribution in [0.25, 0.3) is 0 Å². The molecule has 2 unspecified atom stereocenters. The molecule has 2 atom stereocenters. The number of carbonyl (C=O) groups is 4. The van der Waals surface area contributed by atoms with Gasteiger partial charge < -0.3 is 16.0 Å². The molecule has 1 rings (SSSR count). The van der Waals surface area contributed by atoms with Crippen molar-refractivity contribution in [2.24, 2.45) is 5.73 Å². The summed E-state index contributed by atoms with van der Waals surface area (Å²) in [6, 6.07) is -1.53.